The van der Waals surface area contributed by atoms with Crippen LogP contribution in [0.25, 0.3) is 0 Å². The zero-order valence-corrected chi connectivity index (χ0v) is 12.3. The Morgan fingerprint density at radius 3 is 2.83 bits per heavy atom. The molecule has 1 aromatic rings. The highest BCUT2D eigenvalue weighted by atomic mass is 79.9. The molecular weight excluding hydrogens is 323 g/mol. The van der Waals surface area contributed by atoms with E-state index in [1.807, 2.05) is 6.92 Å². The van der Waals surface area contributed by atoms with Crippen LogP contribution in [0.5, 0.6) is 0 Å². The van der Waals surface area contributed by atoms with Gasteiger partial charge in [0.2, 0.25) is 10.0 Å². The summed E-state index contributed by atoms with van der Waals surface area (Å²) in [4.78, 5) is -0.00282. The maximum absolute atomic E-state index is 13.4. The molecule has 0 amide bonds. The minimum atomic E-state index is -3.62. The number of hydrogen-bond acceptors (Lipinski definition) is 3. The van der Waals surface area contributed by atoms with Gasteiger partial charge in [-0.2, -0.15) is 4.31 Å². The van der Waals surface area contributed by atoms with E-state index in [0.717, 1.165) is 6.07 Å². The highest BCUT2D eigenvalue weighted by molar-refractivity contribution is 9.10. The first kappa shape index (κ1) is 13.9. The van der Waals surface area contributed by atoms with Gasteiger partial charge in [0.05, 0.1) is 9.37 Å². The van der Waals surface area contributed by atoms with Crippen molar-refractivity contribution in [2.24, 2.45) is 0 Å². The van der Waals surface area contributed by atoms with E-state index < -0.39 is 15.8 Å². The third-order valence-corrected chi connectivity index (χ3v) is 5.59. The predicted octanol–water partition coefficient (Wildman–Crippen LogP) is 1.57. The Balaban J connectivity index is 2.37. The topological polar surface area (TPSA) is 49.4 Å². The average molecular weight is 337 g/mol. The Hall–Kier alpha value is -0.500. The van der Waals surface area contributed by atoms with Crippen LogP contribution in [0.15, 0.2) is 27.6 Å². The summed E-state index contributed by atoms with van der Waals surface area (Å²) >= 11 is 3.01. The average Bonchev–Trinajstić information content (AvgIpc) is 2.33. The van der Waals surface area contributed by atoms with E-state index in [1.54, 1.807) is 0 Å². The molecule has 1 unspecified atom stereocenters. The fourth-order valence-electron chi connectivity index (χ4n) is 1.95. The molecule has 1 N–H and O–H groups in total. The second kappa shape index (κ2) is 5.24. The lowest BCUT2D eigenvalue weighted by molar-refractivity contribution is 0.283. The van der Waals surface area contributed by atoms with E-state index >= 15 is 0 Å². The molecule has 1 aliphatic rings. The van der Waals surface area contributed by atoms with Gasteiger partial charge in [0.25, 0.3) is 0 Å². The lowest BCUT2D eigenvalue weighted by Crippen LogP contribution is -2.52. The normalized spacial score (nSPS) is 22.1. The zero-order valence-electron chi connectivity index (χ0n) is 9.86. The molecule has 1 fully saturated rings. The van der Waals surface area contributed by atoms with Crippen molar-refractivity contribution < 1.29 is 12.8 Å². The van der Waals surface area contributed by atoms with Gasteiger partial charge in [-0.05, 0) is 41.1 Å². The largest absolute Gasteiger partial charge is 0.314 e. The molecule has 1 saturated heterocycles. The molecule has 1 aliphatic heterocycles. The first-order chi connectivity index (χ1) is 8.43. The molecule has 0 bridgehead atoms. The van der Waals surface area contributed by atoms with Gasteiger partial charge < -0.3 is 5.32 Å². The van der Waals surface area contributed by atoms with E-state index in [-0.39, 0.29) is 15.4 Å². The molecule has 7 heteroatoms. The lowest BCUT2D eigenvalue weighted by atomic mass is 10.3. The van der Waals surface area contributed by atoms with Crippen molar-refractivity contribution in [3.63, 3.8) is 0 Å². The molecule has 1 atom stereocenters. The summed E-state index contributed by atoms with van der Waals surface area (Å²) in [6.07, 6.45) is 0. The molecule has 0 saturated carbocycles. The van der Waals surface area contributed by atoms with Gasteiger partial charge in [-0.25, -0.2) is 12.8 Å². The van der Waals surface area contributed by atoms with Crippen LogP contribution >= 0.6 is 15.9 Å². The van der Waals surface area contributed by atoms with E-state index in [1.165, 1.54) is 16.4 Å². The maximum atomic E-state index is 13.4. The van der Waals surface area contributed by atoms with Crippen molar-refractivity contribution in [2.45, 2.75) is 17.9 Å². The van der Waals surface area contributed by atoms with Crippen molar-refractivity contribution in [3.8, 4) is 0 Å². The van der Waals surface area contributed by atoms with Crippen LogP contribution in [0.4, 0.5) is 4.39 Å². The lowest BCUT2D eigenvalue weighted by Gasteiger charge is -2.32. The molecule has 0 spiro atoms. The molecule has 100 valence electrons. The number of piperazine rings is 1. The predicted molar refractivity (Wildman–Crippen MR) is 70.3 cm³/mol. The molecule has 0 aliphatic carbocycles. The van der Waals surface area contributed by atoms with Gasteiger partial charge in [-0.1, -0.05) is 0 Å². The Bertz CT molecular complexity index is 550. The number of rotatable bonds is 2. The summed E-state index contributed by atoms with van der Waals surface area (Å²) in [5.74, 6) is -0.570. The van der Waals surface area contributed by atoms with E-state index in [4.69, 9.17) is 0 Å². The van der Waals surface area contributed by atoms with Gasteiger partial charge in [-0.15, -0.1) is 0 Å². The number of hydrogen-bond donors (Lipinski definition) is 1. The molecule has 1 heterocycles. The standard InChI is InChI=1S/C11H14BrFN2O2S/c1-8-7-14-4-5-15(8)18(16,17)9-2-3-10(12)11(13)6-9/h2-3,6,8,14H,4-5,7H2,1H3. The Morgan fingerprint density at radius 1 is 1.50 bits per heavy atom. The highest BCUT2D eigenvalue weighted by Gasteiger charge is 2.31. The van der Waals surface area contributed by atoms with Crippen LogP contribution < -0.4 is 5.32 Å². The van der Waals surface area contributed by atoms with Crippen LogP contribution in [0.2, 0.25) is 0 Å². The summed E-state index contributed by atoms with van der Waals surface area (Å²) in [7, 11) is -3.62. The van der Waals surface area contributed by atoms with E-state index in [0.29, 0.717) is 19.6 Å². The Labute approximate surface area is 114 Å². The van der Waals surface area contributed by atoms with Crippen molar-refractivity contribution in [1.29, 1.82) is 0 Å². The molecule has 18 heavy (non-hydrogen) atoms. The first-order valence-electron chi connectivity index (χ1n) is 5.60. The quantitative estimate of drug-likeness (QED) is 0.891. The minimum absolute atomic E-state index is 0.00282. The number of benzene rings is 1. The van der Waals surface area contributed by atoms with Crippen LogP contribution in [0.1, 0.15) is 6.92 Å². The summed E-state index contributed by atoms with van der Waals surface area (Å²) in [6.45, 7) is 3.46. The first-order valence-corrected chi connectivity index (χ1v) is 7.84. The van der Waals surface area contributed by atoms with Gasteiger partial charge in [0.1, 0.15) is 5.82 Å². The summed E-state index contributed by atoms with van der Waals surface area (Å²) < 4.78 is 39.9. The van der Waals surface area contributed by atoms with E-state index in [2.05, 4.69) is 21.2 Å². The summed E-state index contributed by atoms with van der Waals surface area (Å²) in [5, 5.41) is 3.12. The number of sulfonamides is 1. The van der Waals surface area contributed by atoms with Crippen LogP contribution in [0.3, 0.4) is 0 Å². The molecular formula is C11H14BrFN2O2S. The van der Waals surface area contributed by atoms with Crippen LogP contribution in [-0.4, -0.2) is 38.4 Å². The second-order valence-electron chi connectivity index (χ2n) is 4.24. The molecule has 0 radical (unpaired) electrons. The zero-order chi connectivity index (χ0) is 13.3. The van der Waals surface area contributed by atoms with Crippen molar-refractivity contribution in [3.05, 3.63) is 28.5 Å². The second-order valence-corrected chi connectivity index (χ2v) is 6.99. The minimum Gasteiger partial charge on any atom is -0.314 e. The number of nitrogens with zero attached hydrogens (tertiary/aromatic N) is 1. The van der Waals surface area contributed by atoms with Crippen LogP contribution in [-0.2, 0) is 10.0 Å². The summed E-state index contributed by atoms with van der Waals surface area (Å²) in [5.41, 5.74) is 0. The smallest absolute Gasteiger partial charge is 0.243 e. The molecule has 0 aromatic heterocycles. The fourth-order valence-corrected chi connectivity index (χ4v) is 3.84. The van der Waals surface area contributed by atoms with Gasteiger partial charge in [-0.3, -0.25) is 0 Å². The Kier molecular flexibility index (Phi) is 4.05. The monoisotopic (exact) mass is 336 g/mol. The number of halogens is 2. The van der Waals surface area contributed by atoms with E-state index in [9.17, 15) is 12.8 Å². The van der Waals surface area contributed by atoms with Gasteiger partial charge in [0, 0.05) is 25.7 Å². The number of nitrogens with one attached hydrogen (secondary N) is 1. The van der Waals surface area contributed by atoms with Gasteiger partial charge >= 0.3 is 0 Å². The van der Waals surface area contributed by atoms with Crippen LogP contribution in [0, 0.1) is 5.82 Å². The van der Waals surface area contributed by atoms with Gasteiger partial charge in [0.15, 0.2) is 0 Å². The third kappa shape index (κ3) is 2.59. The Morgan fingerprint density at radius 2 is 2.22 bits per heavy atom. The summed E-state index contributed by atoms with van der Waals surface area (Å²) in [6, 6.07) is 3.75. The molecule has 4 nitrogen and oxygen atoms in total. The van der Waals surface area contributed by atoms with Crippen molar-refractivity contribution in [2.75, 3.05) is 19.6 Å². The molecule has 1 aromatic carbocycles. The SMILES string of the molecule is CC1CNCCN1S(=O)(=O)c1ccc(Br)c(F)c1. The van der Waals surface area contributed by atoms with Crippen molar-refractivity contribution >= 4 is 26.0 Å². The highest BCUT2D eigenvalue weighted by Crippen LogP contribution is 2.23. The maximum Gasteiger partial charge on any atom is 0.243 e. The third-order valence-electron chi connectivity index (χ3n) is 2.94. The molecule has 2 rings (SSSR count). The van der Waals surface area contributed by atoms with Crippen molar-refractivity contribution in [1.82, 2.24) is 9.62 Å². The fraction of sp³-hybridized carbons (Fsp3) is 0.455.